The minimum atomic E-state index is -0.198. The van der Waals surface area contributed by atoms with Crippen molar-refractivity contribution in [1.82, 2.24) is 9.99 Å². The predicted molar refractivity (Wildman–Crippen MR) is 126 cm³/mol. The minimum Gasteiger partial charge on any atom is -0.376 e. The van der Waals surface area contributed by atoms with Gasteiger partial charge in [0.05, 0.1) is 12.8 Å². The van der Waals surface area contributed by atoms with Gasteiger partial charge < -0.3 is 9.88 Å². The third kappa shape index (κ3) is 5.23. The van der Waals surface area contributed by atoms with Gasteiger partial charge in [0.25, 0.3) is 5.91 Å². The largest absolute Gasteiger partial charge is 0.376 e. The van der Waals surface area contributed by atoms with Crippen molar-refractivity contribution in [1.29, 1.82) is 0 Å². The van der Waals surface area contributed by atoms with Crippen molar-refractivity contribution < 1.29 is 4.79 Å². The highest BCUT2D eigenvalue weighted by Gasteiger charge is 2.09. The molecule has 3 aromatic rings. The van der Waals surface area contributed by atoms with Gasteiger partial charge in [0, 0.05) is 36.4 Å². The molecule has 144 valence electrons. The first kappa shape index (κ1) is 20.6. The van der Waals surface area contributed by atoms with E-state index in [1.165, 1.54) is 0 Å². The molecule has 0 saturated carbocycles. The second kappa shape index (κ2) is 9.38. The minimum absolute atomic E-state index is 0.163. The molecule has 0 spiro atoms. The van der Waals surface area contributed by atoms with Crippen LogP contribution in [0, 0.1) is 17.4 Å². The van der Waals surface area contributed by atoms with Crippen LogP contribution in [0.3, 0.4) is 0 Å². The van der Waals surface area contributed by atoms with Crippen molar-refractivity contribution >= 4 is 56.3 Å². The number of hydrogen-bond acceptors (Lipinski definition) is 3. The standard InChI is InChI=1S/C21H20BrIN4O/c1-14-11-16(15(2)27(14)20-9-3-17(22)4-10-20)12-25-26-21(28)13-24-19-7-5-18(23)6-8-19/h3-12,24H,13H2,1-2H3,(H,26,28)/b25-12-. The Morgan fingerprint density at radius 1 is 1.14 bits per heavy atom. The average molecular weight is 551 g/mol. The molecule has 0 radical (unpaired) electrons. The van der Waals surface area contributed by atoms with E-state index in [1.54, 1.807) is 6.21 Å². The molecule has 1 amide bonds. The van der Waals surface area contributed by atoms with Crippen molar-refractivity contribution in [2.45, 2.75) is 13.8 Å². The number of benzene rings is 2. The Balaban J connectivity index is 1.61. The molecule has 2 N–H and O–H groups in total. The lowest BCUT2D eigenvalue weighted by atomic mass is 10.2. The van der Waals surface area contributed by atoms with E-state index in [0.29, 0.717) is 0 Å². The Labute approximate surface area is 186 Å². The van der Waals surface area contributed by atoms with E-state index < -0.39 is 0 Å². The molecule has 0 aliphatic carbocycles. The maximum atomic E-state index is 12.0. The molecular formula is C21H20BrIN4O. The lowest BCUT2D eigenvalue weighted by Crippen LogP contribution is -2.25. The Bertz CT molecular complexity index is 994. The highest BCUT2D eigenvalue weighted by molar-refractivity contribution is 14.1. The molecule has 7 heteroatoms. The number of hydrazone groups is 1. The van der Waals surface area contributed by atoms with E-state index in [9.17, 15) is 4.79 Å². The molecule has 0 aliphatic heterocycles. The Morgan fingerprint density at radius 3 is 2.50 bits per heavy atom. The monoisotopic (exact) mass is 550 g/mol. The van der Waals surface area contributed by atoms with Crippen LogP contribution < -0.4 is 10.7 Å². The van der Waals surface area contributed by atoms with Gasteiger partial charge in [-0.2, -0.15) is 5.10 Å². The lowest BCUT2D eigenvalue weighted by molar-refractivity contribution is -0.119. The second-order valence-electron chi connectivity index (χ2n) is 6.29. The summed E-state index contributed by atoms with van der Waals surface area (Å²) in [5.74, 6) is -0.198. The fourth-order valence-corrected chi connectivity index (χ4v) is 3.49. The fraction of sp³-hybridized carbons (Fsp3) is 0.143. The van der Waals surface area contributed by atoms with Gasteiger partial charge in [0.2, 0.25) is 0 Å². The number of hydrogen-bond donors (Lipinski definition) is 2. The van der Waals surface area contributed by atoms with Crippen LogP contribution in [0.4, 0.5) is 5.69 Å². The van der Waals surface area contributed by atoms with Crippen LogP contribution in [0.5, 0.6) is 0 Å². The van der Waals surface area contributed by atoms with E-state index in [1.807, 2.05) is 43.3 Å². The fourth-order valence-electron chi connectivity index (χ4n) is 2.87. The van der Waals surface area contributed by atoms with Gasteiger partial charge in [-0.3, -0.25) is 4.79 Å². The quantitative estimate of drug-likeness (QED) is 0.257. The summed E-state index contributed by atoms with van der Waals surface area (Å²) in [6, 6.07) is 18.1. The van der Waals surface area contributed by atoms with Gasteiger partial charge in [0.15, 0.2) is 0 Å². The Kier molecular flexibility index (Phi) is 6.90. The summed E-state index contributed by atoms with van der Waals surface area (Å²) >= 11 is 5.71. The van der Waals surface area contributed by atoms with Crippen LogP contribution in [0.15, 0.2) is 64.2 Å². The zero-order valence-electron chi connectivity index (χ0n) is 15.5. The Morgan fingerprint density at radius 2 is 1.82 bits per heavy atom. The molecule has 0 saturated heterocycles. The van der Waals surface area contributed by atoms with Gasteiger partial charge in [-0.05, 0) is 91.0 Å². The zero-order valence-corrected chi connectivity index (χ0v) is 19.3. The average Bonchev–Trinajstić information content (AvgIpc) is 2.96. The Hall–Kier alpha value is -2.13. The van der Waals surface area contributed by atoms with Crippen molar-refractivity contribution in [2.24, 2.45) is 5.10 Å². The predicted octanol–water partition coefficient (Wildman–Crippen LogP) is 5.02. The van der Waals surface area contributed by atoms with Gasteiger partial charge in [-0.15, -0.1) is 0 Å². The number of halogens is 2. The van der Waals surface area contributed by atoms with Crippen molar-refractivity contribution in [2.75, 3.05) is 11.9 Å². The van der Waals surface area contributed by atoms with Crippen LogP contribution >= 0.6 is 38.5 Å². The molecule has 0 fully saturated rings. The summed E-state index contributed by atoms with van der Waals surface area (Å²) in [5.41, 5.74) is 7.69. The van der Waals surface area contributed by atoms with Crippen LogP contribution in [0.2, 0.25) is 0 Å². The van der Waals surface area contributed by atoms with Crippen LogP contribution in [0.25, 0.3) is 5.69 Å². The van der Waals surface area contributed by atoms with Gasteiger partial charge in [-0.25, -0.2) is 5.43 Å². The number of carbonyl (C=O) groups is 1. The van der Waals surface area contributed by atoms with E-state index in [-0.39, 0.29) is 12.5 Å². The third-order valence-electron chi connectivity index (χ3n) is 4.25. The highest BCUT2D eigenvalue weighted by atomic mass is 127. The number of aryl methyl sites for hydroxylation is 1. The summed E-state index contributed by atoms with van der Waals surface area (Å²) in [5, 5.41) is 7.18. The van der Waals surface area contributed by atoms with Gasteiger partial charge in [0.1, 0.15) is 0 Å². The number of nitrogens with zero attached hydrogens (tertiary/aromatic N) is 2. The van der Waals surface area contributed by atoms with E-state index >= 15 is 0 Å². The number of nitrogens with one attached hydrogen (secondary N) is 2. The number of aromatic nitrogens is 1. The van der Waals surface area contributed by atoms with Crippen molar-refractivity contribution in [3.05, 3.63) is 79.6 Å². The van der Waals surface area contributed by atoms with Crippen molar-refractivity contribution in [3.8, 4) is 5.69 Å². The first-order chi connectivity index (χ1) is 13.4. The summed E-state index contributed by atoms with van der Waals surface area (Å²) < 4.78 is 4.36. The van der Waals surface area contributed by atoms with Crippen LogP contribution in [-0.2, 0) is 4.79 Å². The number of rotatable bonds is 6. The van der Waals surface area contributed by atoms with E-state index in [0.717, 1.165) is 36.4 Å². The summed E-state index contributed by atoms with van der Waals surface area (Å²) in [6.45, 7) is 4.25. The highest BCUT2D eigenvalue weighted by Crippen LogP contribution is 2.21. The maximum Gasteiger partial charge on any atom is 0.259 e. The summed E-state index contributed by atoms with van der Waals surface area (Å²) in [7, 11) is 0. The SMILES string of the molecule is Cc1cc(/C=N\NC(=O)CNc2ccc(I)cc2)c(C)n1-c1ccc(Br)cc1. The topological polar surface area (TPSA) is 58.4 Å². The molecule has 0 aliphatic rings. The molecule has 0 atom stereocenters. The smallest absolute Gasteiger partial charge is 0.259 e. The van der Waals surface area contributed by atoms with E-state index in [4.69, 9.17) is 0 Å². The molecule has 28 heavy (non-hydrogen) atoms. The van der Waals surface area contributed by atoms with E-state index in [2.05, 4.69) is 84.1 Å². The molecular weight excluding hydrogens is 531 g/mol. The molecule has 0 bridgehead atoms. The first-order valence-corrected chi connectivity index (χ1v) is 10.6. The van der Waals surface area contributed by atoms with Gasteiger partial charge in [-0.1, -0.05) is 15.9 Å². The number of amides is 1. The van der Waals surface area contributed by atoms with Gasteiger partial charge >= 0.3 is 0 Å². The maximum absolute atomic E-state index is 12.0. The van der Waals surface area contributed by atoms with Crippen molar-refractivity contribution in [3.63, 3.8) is 0 Å². The lowest BCUT2D eigenvalue weighted by Gasteiger charge is -2.09. The molecule has 3 rings (SSSR count). The second-order valence-corrected chi connectivity index (χ2v) is 8.45. The van der Waals surface area contributed by atoms with Crippen LogP contribution in [0.1, 0.15) is 17.0 Å². The molecule has 0 unspecified atom stereocenters. The van der Waals surface area contributed by atoms with Crippen LogP contribution in [-0.4, -0.2) is 23.2 Å². The molecule has 5 nitrogen and oxygen atoms in total. The number of anilines is 1. The third-order valence-corrected chi connectivity index (χ3v) is 5.49. The molecule has 1 heterocycles. The summed E-state index contributed by atoms with van der Waals surface area (Å²) in [4.78, 5) is 12.0. The summed E-state index contributed by atoms with van der Waals surface area (Å²) in [6.07, 6.45) is 1.68. The molecule has 2 aromatic carbocycles. The zero-order chi connectivity index (χ0) is 20.1. The molecule has 1 aromatic heterocycles. The normalized spacial score (nSPS) is 11.0. The first-order valence-electron chi connectivity index (χ1n) is 8.70. The number of carbonyl (C=O) groups excluding carboxylic acids is 1.